The number of aromatic nitrogens is 2. The molecule has 0 spiro atoms. The Morgan fingerprint density at radius 3 is 2.51 bits per heavy atom. The summed E-state index contributed by atoms with van der Waals surface area (Å²) in [6.45, 7) is 6.21. The predicted molar refractivity (Wildman–Crippen MR) is 155 cm³/mol. The summed E-state index contributed by atoms with van der Waals surface area (Å²) in [7, 11) is 1.28. The number of nitrogens with zero attached hydrogens (tertiary/aromatic N) is 4. The van der Waals surface area contributed by atoms with E-state index in [-0.39, 0.29) is 30.2 Å². The second-order valence-electron chi connectivity index (χ2n) is 10.5. The van der Waals surface area contributed by atoms with E-state index in [0.29, 0.717) is 48.9 Å². The first-order chi connectivity index (χ1) is 19.9. The van der Waals surface area contributed by atoms with Crippen molar-refractivity contribution in [3.05, 3.63) is 70.9 Å². The topological polar surface area (TPSA) is 106 Å². The quantitative estimate of drug-likeness (QED) is 0.414. The number of anilines is 1. The number of amides is 3. The van der Waals surface area contributed by atoms with Crippen molar-refractivity contribution >= 4 is 23.6 Å². The summed E-state index contributed by atoms with van der Waals surface area (Å²) in [4.78, 5) is 43.4. The highest BCUT2D eigenvalue weighted by Crippen LogP contribution is 2.32. The van der Waals surface area contributed by atoms with Crippen LogP contribution in [0.4, 0.5) is 10.5 Å². The number of carbonyl (C=O) groups is 3. The Balaban J connectivity index is 1.58. The van der Waals surface area contributed by atoms with Crippen LogP contribution in [0.15, 0.2) is 48.5 Å². The van der Waals surface area contributed by atoms with Crippen molar-refractivity contribution in [3.63, 3.8) is 0 Å². The summed E-state index contributed by atoms with van der Waals surface area (Å²) < 4.78 is 12.6. The van der Waals surface area contributed by atoms with Crippen LogP contribution in [0.1, 0.15) is 71.5 Å². The van der Waals surface area contributed by atoms with Crippen LogP contribution in [0.2, 0.25) is 0 Å². The molecule has 3 aromatic rings. The van der Waals surface area contributed by atoms with Gasteiger partial charge in [0.2, 0.25) is 5.88 Å². The summed E-state index contributed by atoms with van der Waals surface area (Å²) in [5.74, 6) is 0.0284. The lowest BCUT2D eigenvalue weighted by molar-refractivity contribution is 0.0569. The van der Waals surface area contributed by atoms with Crippen molar-refractivity contribution in [2.75, 3.05) is 32.1 Å². The van der Waals surface area contributed by atoms with E-state index in [2.05, 4.69) is 30.3 Å². The first kappa shape index (κ1) is 28.2. The smallest absolute Gasteiger partial charge is 0.411 e. The van der Waals surface area contributed by atoms with Crippen molar-refractivity contribution in [1.82, 2.24) is 19.6 Å². The van der Waals surface area contributed by atoms with Gasteiger partial charge in [-0.15, -0.1) is 0 Å². The zero-order valence-electron chi connectivity index (χ0n) is 23.9. The van der Waals surface area contributed by atoms with Gasteiger partial charge in [0.1, 0.15) is 6.61 Å². The van der Waals surface area contributed by atoms with E-state index in [1.54, 1.807) is 24.3 Å². The van der Waals surface area contributed by atoms with Crippen LogP contribution >= 0.6 is 0 Å². The molecule has 3 heterocycles. The van der Waals surface area contributed by atoms with E-state index in [1.165, 1.54) is 17.4 Å². The number of unbranched alkanes of at least 4 members (excludes halogenated alkanes) is 2. The van der Waals surface area contributed by atoms with Crippen molar-refractivity contribution in [2.24, 2.45) is 0 Å². The molecule has 0 fully saturated rings. The highest BCUT2D eigenvalue weighted by Gasteiger charge is 2.35. The summed E-state index contributed by atoms with van der Waals surface area (Å²) >= 11 is 0. The monoisotopic (exact) mass is 559 g/mol. The average molecular weight is 560 g/mol. The van der Waals surface area contributed by atoms with E-state index < -0.39 is 6.09 Å². The number of rotatable bonds is 8. The average Bonchev–Trinajstić information content (AvgIpc) is 3.43. The molecule has 3 amide bonds. The van der Waals surface area contributed by atoms with Gasteiger partial charge in [-0.3, -0.25) is 14.9 Å². The summed E-state index contributed by atoms with van der Waals surface area (Å²) in [6, 6.07) is 14.5. The zero-order chi connectivity index (χ0) is 28.9. The highest BCUT2D eigenvalue weighted by molar-refractivity contribution is 6.00. The van der Waals surface area contributed by atoms with Crippen molar-refractivity contribution in [1.29, 1.82) is 0 Å². The lowest BCUT2D eigenvalue weighted by atomic mass is 9.93. The molecule has 0 radical (unpaired) electrons. The van der Waals surface area contributed by atoms with Crippen LogP contribution in [0.5, 0.6) is 5.88 Å². The van der Waals surface area contributed by atoms with Crippen molar-refractivity contribution in [2.45, 2.75) is 58.5 Å². The van der Waals surface area contributed by atoms with Crippen LogP contribution in [0.3, 0.4) is 0 Å². The van der Waals surface area contributed by atoms with Gasteiger partial charge in [-0.1, -0.05) is 51.0 Å². The van der Waals surface area contributed by atoms with Gasteiger partial charge in [-0.25, -0.2) is 4.79 Å². The molecule has 41 heavy (non-hydrogen) atoms. The number of hydrogen-bond donors (Lipinski definition) is 1. The molecule has 10 heteroatoms. The molecule has 1 N–H and O–H groups in total. The molecule has 2 aromatic carbocycles. The largest absolute Gasteiger partial charge is 0.475 e. The van der Waals surface area contributed by atoms with Crippen LogP contribution < -0.4 is 10.1 Å². The number of ether oxygens (including phenoxy) is 2. The molecule has 2 aliphatic heterocycles. The van der Waals surface area contributed by atoms with Gasteiger partial charge < -0.3 is 19.3 Å². The maximum Gasteiger partial charge on any atom is 0.411 e. The van der Waals surface area contributed by atoms with Crippen LogP contribution in [-0.4, -0.2) is 70.3 Å². The van der Waals surface area contributed by atoms with E-state index in [0.717, 1.165) is 31.2 Å². The summed E-state index contributed by atoms with van der Waals surface area (Å²) in [6.07, 6.45) is 3.78. The number of hydrogen-bond acceptors (Lipinski definition) is 6. The minimum Gasteiger partial charge on any atom is -0.475 e. The van der Waals surface area contributed by atoms with Gasteiger partial charge in [0.25, 0.3) is 11.8 Å². The Bertz CT molecular complexity index is 1430. The Hall–Kier alpha value is -4.34. The first-order valence-corrected chi connectivity index (χ1v) is 14.3. The third-order valence-corrected chi connectivity index (χ3v) is 7.67. The molecular weight excluding hydrogens is 522 g/mol. The first-order valence-electron chi connectivity index (χ1n) is 14.3. The fraction of sp³-hybridized carbons (Fsp3) is 0.419. The molecule has 2 aliphatic rings. The van der Waals surface area contributed by atoms with Crippen LogP contribution in [-0.2, 0) is 17.7 Å². The van der Waals surface area contributed by atoms with Gasteiger partial charge >= 0.3 is 6.09 Å². The molecule has 10 nitrogen and oxygen atoms in total. The standard InChI is InChI=1S/C31H37N5O5/c1-4-6-14-34(15-7-5-2)30(38)26-18-28-36(33-26)27-13-12-23(32-31(39)40-3)17-25(27)29(37)35-19-22-11-9-8-10-21(22)16-24(35)20-41-28/h8-13,17-18,24H,4-7,14-16,19-20H2,1-3H3,(H,32,39). The fourth-order valence-electron chi connectivity index (χ4n) is 5.37. The lowest BCUT2D eigenvalue weighted by Gasteiger charge is -2.36. The van der Waals surface area contributed by atoms with Crippen LogP contribution in [0.25, 0.3) is 5.69 Å². The molecule has 216 valence electrons. The fourth-order valence-corrected chi connectivity index (χ4v) is 5.37. The molecule has 0 bridgehead atoms. The number of nitrogens with one attached hydrogen (secondary N) is 1. The molecular formula is C31H37N5O5. The third kappa shape index (κ3) is 5.91. The Morgan fingerprint density at radius 1 is 1.07 bits per heavy atom. The number of carbonyl (C=O) groups excluding carboxylic acids is 3. The Kier molecular flexibility index (Phi) is 8.56. The van der Waals surface area contributed by atoms with Gasteiger partial charge in [0, 0.05) is 31.4 Å². The van der Waals surface area contributed by atoms with E-state index in [9.17, 15) is 14.4 Å². The molecule has 0 saturated carbocycles. The zero-order valence-corrected chi connectivity index (χ0v) is 23.9. The highest BCUT2D eigenvalue weighted by atomic mass is 16.5. The third-order valence-electron chi connectivity index (χ3n) is 7.67. The second-order valence-corrected chi connectivity index (χ2v) is 10.5. The minimum atomic E-state index is -0.638. The summed E-state index contributed by atoms with van der Waals surface area (Å²) in [5, 5.41) is 7.34. The number of benzene rings is 2. The molecule has 1 aromatic heterocycles. The van der Waals surface area contributed by atoms with Crippen LogP contribution in [0, 0.1) is 0 Å². The second kappa shape index (κ2) is 12.4. The molecule has 1 atom stereocenters. The maximum absolute atomic E-state index is 14.2. The molecule has 1 unspecified atom stereocenters. The SMILES string of the molecule is CCCCN(CCCC)C(=O)c1cc2n(n1)-c1ccc(NC(=O)OC)cc1C(=O)N1Cc3ccccc3CC1CO2. The Labute approximate surface area is 240 Å². The normalized spacial score (nSPS) is 15.6. The molecule has 0 saturated heterocycles. The van der Waals surface area contributed by atoms with Gasteiger partial charge in [-0.05, 0) is 48.6 Å². The maximum atomic E-state index is 14.2. The number of methoxy groups -OCH3 is 1. The Morgan fingerprint density at radius 2 is 1.80 bits per heavy atom. The minimum absolute atomic E-state index is 0.155. The van der Waals surface area contributed by atoms with Gasteiger partial charge in [-0.2, -0.15) is 9.78 Å². The molecule has 5 rings (SSSR count). The summed E-state index contributed by atoms with van der Waals surface area (Å²) in [5.41, 5.74) is 3.75. The molecule has 0 aliphatic carbocycles. The van der Waals surface area contributed by atoms with Gasteiger partial charge in [0.15, 0.2) is 5.69 Å². The van der Waals surface area contributed by atoms with Gasteiger partial charge in [0.05, 0.1) is 24.4 Å². The lowest BCUT2D eigenvalue weighted by Crippen LogP contribution is -2.47. The van der Waals surface area contributed by atoms with E-state index in [4.69, 9.17) is 9.47 Å². The number of fused-ring (bicyclic) bond motifs is 5. The predicted octanol–water partition coefficient (Wildman–Crippen LogP) is 5.05. The van der Waals surface area contributed by atoms with E-state index >= 15 is 0 Å². The van der Waals surface area contributed by atoms with Crippen molar-refractivity contribution in [3.8, 4) is 11.6 Å². The van der Waals surface area contributed by atoms with E-state index in [1.807, 2.05) is 28.0 Å². The van der Waals surface area contributed by atoms with Crippen molar-refractivity contribution < 1.29 is 23.9 Å².